The van der Waals surface area contributed by atoms with Crippen LogP contribution in [0.25, 0.3) is 0 Å². The molecule has 0 saturated heterocycles. The Morgan fingerprint density at radius 2 is 2.11 bits per heavy atom. The van der Waals surface area contributed by atoms with Crippen molar-refractivity contribution < 1.29 is 9.53 Å². The highest BCUT2D eigenvalue weighted by Crippen LogP contribution is 2.09. The quantitative estimate of drug-likeness (QED) is 0.646. The Bertz CT molecular complexity index is 470. The smallest absolute Gasteiger partial charge is 0.407 e. The van der Waals surface area contributed by atoms with E-state index < -0.39 is 11.7 Å². The van der Waals surface area contributed by atoms with E-state index in [4.69, 9.17) is 11.2 Å². The molecule has 1 amide bonds. The molecule has 102 valence electrons. The molecule has 0 bridgehead atoms. The summed E-state index contributed by atoms with van der Waals surface area (Å²) in [4.78, 5) is 11.4. The third-order valence-corrected chi connectivity index (χ3v) is 2.15. The van der Waals surface area contributed by atoms with Gasteiger partial charge in [-0.15, -0.1) is 6.42 Å². The van der Waals surface area contributed by atoms with Crippen LogP contribution in [0.1, 0.15) is 26.3 Å². The number of amides is 1. The first-order valence-electron chi connectivity index (χ1n) is 6.18. The molecule has 1 aromatic carbocycles. The molecule has 1 rings (SSSR count). The number of benzene rings is 1. The van der Waals surface area contributed by atoms with Crippen LogP contribution in [0.5, 0.6) is 0 Å². The van der Waals surface area contributed by atoms with Crippen molar-refractivity contribution in [1.29, 1.82) is 0 Å². The summed E-state index contributed by atoms with van der Waals surface area (Å²) in [5.74, 6) is 2.57. The summed E-state index contributed by atoms with van der Waals surface area (Å²) in [6, 6.07) is 7.56. The fraction of sp³-hybridized carbons (Fsp3) is 0.400. The summed E-state index contributed by atoms with van der Waals surface area (Å²) in [6.45, 7) is 6.57. The van der Waals surface area contributed by atoms with Gasteiger partial charge in [-0.25, -0.2) is 4.79 Å². The number of hydrogen-bond acceptors (Lipinski definition) is 3. The lowest BCUT2D eigenvalue weighted by Gasteiger charge is -2.19. The molecule has 4 heteroatoms. The predicted octanol–water partition coefficient (Wildman–Crippen LogP) is 2.60. The number of anilines is 1. The molecule has 0 aromatic heterocycles. The summed E-state index contributed by atoms with van der Waals surface area (Å²) in [6.07, 6.45) is 4.91. The maximum atomic E-state index is 11.4. The highest BCUT2D eigenvalue weighted by atomic mass is 16.6. The van der Waals surface area contributed by atoms with Gasteiger partial charge in [0.15, 0.2) is 0 Å². The van der Waals surface area contributed by atoms with E-state index in [9.17, 15) is 4.79 Å². The molecule has 0 unspecified atom stereocenters. The fourth-order valence-electron chi connectivity index (χ4n) is 1.40. The predicted molar refractivity (Wildman–Crippen MR) is 77.1 cm³/mol. The SMILES string of the molecule is C#Cc1cccc(NCCNC(=O)OC(C)(C)C)c1. The number of ether oxygens (including phenoxy) is 1. The molecule has 0 spiro atoms. The van der Waals surface area contributed by atoms with E-state index in [2.05, 4.69) is 16.6 Å². The van der Waals surface area contributed by atoms with E-state index in [0.29, 0.717) is 13.1 Å². The van der Waals surface area contributed by atoms with E-state index in [1.807, 2.05) is 45.0 Å². The van der Waals surface area contributed by atoms with Crippen LogP contribution in [0.2, 0.25) is 0 Å². The Morgan fingerprint density at radius 3 is 2.74 bits per heavy atom. The molecular weight excluding hydrogens is 240 g/mol. The van der Waals surface area contributed by atoms with Gasteiger partial charge >= 0.3 is 6.09 Å². The lowest BCUT2D eigenvalue weighted by Crippen LogP contribution is -2.34. The summed E-state index contributed by atoms with van der Waals surface area (Å²) < 4.78 is 5.12. The van der Waals surface area contributed by atoms with Crippen molar-refractivity contribution in [2.75, 3.05) is 18.4 Å². The summed E-state index contributed by atoms with van der Waals surface area (Å²) in [7, 11) is 0. The molecule has 0 aliphatic rings. The molecular formula is C15H20N2O2. The lowest BCUT2D eigenvalue weighted by atomic mass is 10.2. The number of rotatable bonds is 4. The normalized spacial score (nSPS) is 10.4. The van der Waals surface area contributed by atoms with Gasteiger partial charge < -0.3 is 15.4 Å². The van der Waals surface area contributed by atoms with E-state index >= 15 is 0 Å². The van der Waals surface area contributed by atoms with Gasteiger partial charge in [0.05, 0.1) is 0 Å². The Hall–Kier alpha value is -2.15. The highest BCUT2D eigenvalue weighted by Gasteiger charge is 2.15. The largest absolute Gasteiger partial charge is 0.444 e. The number of terminal acetylenes is 1. The van der Waals surface area contributed by atoms with Crippen molar-refractivity contribution in [3.05, 3.63) is 29.8 Å². The molecule has 0 atom stereocenters. The third kappa shape index (κ3) is 6.37. The van der Waals surface area contributed by atoms with Crippen LogP contribution >= 0.6 is 0 Å². The molecule has 1 aromatic rings. The second-order valence-electron chi connectivity index (χ2n) is 5.08. The number of alkyl carbamates (subject to hydrolysis) is 1. The fourth-order valence-corrected chi connectivity index (χ4v) is 1.40. The van der Waals surface area contributed by atoms with Gasteiger partial charge in [-0.05, 0) is 39.0 Å². The van der Waals surface area contributed by atoms with Crippen LogP contribution in [0, 0.1) is 12.3 Å². The van der Waals surface area contributed by atoms with Crippen LogP contribution in [0.4, 0.5) is 10.5 Å². The number of nitrogens with one attached hydrogen (secondary N) is 2. The maximum Gasteiger partial charge on any atom is 0.407 e. The van der Waals surface area contributed by atoms with Crippen LogP contribution in [-0.2, 0) is 4.74 Å². The van der Waals surface area contributed by atoms with Gasteiger partial charge in [-0.3, -0.25) is 0 Å². The minimum Gasteiger partial charge on any atom is -0.444 e. The van der Waals surface area contributed by atoms with Crippen molar-refractivity contribution in [2.24, 2.45) is 0 Å². The maximum absolute atomic E-state index is 11.4. The molecule has 0 aliphatic carbocycles. The summed E-state index contributed by atoms with van der Waals surface area (Å²) in [5, 5.41) is 5.85. The van der Waals surface area contributed by atoms with Gasteiger partial charge in [-0.2, -0.15) is 0 Å². The Kier molecular flexibility index (Phi) is 5.25. The molecule has 0 aliphatic heterocycles. The van der Waals surface area contributed by atoms with Crippen LogP contribution in [-0.4, -0.2) is 24.8 Å². The molecule has 19 heavy (non-hydrogen) atoms. The van der Waals surface area contributed by atoms with E-state index in [1.54, 1.807) is 0 Å². The molecule has 0 saturated carbocycles. The molecule has 0 heterocycles. The van der Waals surface area contributed by atoms with Crippen molar-refractivity contribution in [1.82, 2.24) is 5.32 Å². The van der Waals surface area contributed by atoms with E-state index in [0.717, 1.165) is 11.3 Å². The van der Waals surface area contributed by atoms with Crippen molar-refractivity contribution in [3.63, 3.8) is 0 Å². The minimum atomic E-state index is -0.474. The standard InChI is InChI=1S/C15H20N2O2/c1-5-12-7-6-8-13(11-12)16-9-10-17-14(18)19-15(2,3)4/h1,6-8,11,16H,9-10H2,2-4H3,(H,17,18). The second-order valence-corrected chi connectivity index (χ2v) is 5.08. The molecule has 0 radical (unpaired) electrons. The first-order valence-corrected chi connectivity index (χ1v) is 6.18. The average Bonchev–Trinajstić information content (AvgIpc) is 2.33. The van der Waals surface area contributed by atoms with Gasteiger partial charge in [-0.1, -0.05) is 12.0 Å². The van der Waals surface area contributed by atoms with E-state index in [-0.39, 0.29) is 0 Å². The van der Waals surface area contributed by atoms with Crippen LogP contribution in [0.15, 0.2) is 24.3 Å². The van der Waals surface area contributed by atoms with Gasteiger partial charge in [0.1, 0.15) is 5.60 Å². The number of hydrogen-bond donors (Lipinski definition) is 2. The van der Waals surface area contributed by atoms with Crippen molar-refractivity contribution in [3.8, 4) is 12.3 Å². The minimum absolute atomic E-state index is 0.410. The van der Waals surface area contributed by atoms with E-state index in [1.165, 1.54) is 0 Å². The molecule has 0 fully saturated rings. The first kappa shape index (κ1) is 14.9. The third-order valence-electron chi connectivity index (χ3n) is 2.15. The Morgan fingerprint density at radius 1 is 1.37 bits per heavy atom. The Labute approximate surface area is 114 Å². The van der Waals surface area contributed by atoms with Gasteiger partial charge in [0.25, 0.3) is 0 Å². The molecule has 4 nitrogen and oxygen atoms in total. The number of carbonyl (C=O) groups excluding carboxylic acids is 1. The van der Waals surface area contributed by atoms with Gasteiger partial charge in [0.2, 0.25) is 0 Å². The van der Waals surface area contributed by atoms with Gasteiger partial charge in [0, 0.05) is 24.3 Å². The zero-order valence-corrected chi connectivity index (χ0v) is 11.6. The number of carbonyl (C=O) groups is 1. The highest BCUT2D eigenvalue weighted by molar-refractivity contribution is 5.67. The molecule has 2 N–H and O–H groups in total. The monoisotopic (exact) mass is 260 g/mol. The topological polar surface area (TPSA) is 50.4 Å². The zero-order valence-electron chi connectivity index (χ0n) is 11.6. The van der Waals surface area contributed by atoms with Crippen molar-refractivity contribution >= 4 is 11.8 Å². The van der Waals surface area contributed by atoms with Crippen molar-refractivity contribution in [2.45, 2.75) is 26.4 Å². The second kappa shape index (κ2) is 6.69. The summed E-state index contributed by atoms with van der Waals surface area (Å²) in [5.41, 5.74) is 1.28. The zero-order chi connectivity index (χ0) is 14.3. The first-order chi connectivity index (χ1) is 8.90. The van der Waals surface area contributed by atoms with Crippen LogP contribution < -0.4 is 10.6 Å². The Balaban J connectivity index is 2.28. The van der Waals surface area contributed by atoms with Crippen LogP contribution in [0.3, 0.4) is 0 Å². The lowest BCUT2D eigenvalue weighted by molar-refractivity contribution is 0.0530. The average molecular weight is 260 g/mol. The summed E-state index contributed by atoms with van der Waals surface area (Å²) >= 11 is 0.